The summed E-state index contributed by atoms with van der Waals surface area (Å²) in [5.74, 6) is -0.343. The fourth-order valence-electron chi connectivity index (χ4n) is 4.04. The molecule has 0 aliphatic rings. The summed E-state index contributed by atoms with van der Waals surface area (Å²) in [7, 11) is -3.55. The largest absolute Gasteiger partial charge is 0.354 e. The average molecular weight is 536 g/mol. The van der Waals surface area contributed by atoms with Crippen LogP contribution in [0, 0.1) is 6.92 Å². The zero-order valence-electron chi connectivity index (χ0n) is 21.7. The number of unbranched alkanes of at least 4 members (excludes halogenated alkanes) is 1. The van der Waals surface area contributed by atoms with Gasteiger partial charge in [-0.05, 0) is 56.0 Å². The first kappa shape index (κ1) is 29.6. The van der Waals surface area contributed by atoms with Crippen molar-refractivity contribution in [1.82, 2.24) is 10.2 Å². The van der Waals surface area contributed by atoms with Gasteiger partial charge in [0.2, 0.25) is 21.8 Å². The molecule has 1 atom stereocenters. The van der Waals surface area contributed by atoms with E-state index in [0.29, 0.717) is 36.6 Å². The van der Waals surface area contributed by atoms with Crippen molar-refractivity contribution in [2.45, 2.75) is 65.5 Å². The number of benzene rings is 2. The van der Waals surface area contributed by atoms with Crippen molar-refractivity contribution < 1.29 is 18.0 Å². The van der Waals surface area contributed by atoms with E-state index < -0.39 is 16.1 Å². The molecule has 0 spiro atoms. The van der Waals surface area contributed by atoms with Gasteiger partial charge in [0, 0.05) is 31.1 Å². The Morgan fingerprint density at radius 2 is 1.75 bits per heavy atom. The van der Waals surface area contributed by atoms with E-state index in [0.717, 1.165) is 30.2 Å². The van der Waals surface area contributed by atoms with Crippen LogP contribution in [0.15, 0.2) is 48.5 Å². The summed E-state index contributed by atoms with van der Waals surface area (Å²) in [6.07, 6.45) is 3.89. The first-order chi connectivity index (χ1) is 17.1. The number of hydrogen-bond donors (Lipinski definition) is 1. The lowest BCUT2D eigenvalue weighted by molar-refractivity contribution is -0.141. The van der Waals surface area contributed by atoms with Gasteiger partial charge in [-0.25, -0.2) is 8.42 Å². The first-order valence-corrected chi connectivity index (χ1v) is 14.7. The molecule has 0 heterocycles. The molecular weight excluding hydrogens is 498 g/mol. The summed E-state index contributed by atoms with van der Waals surface area (Å²) in [6, 6.07) is 13.8. The summed E-state index contributed by atoms with van der Waals surface area (Å²) in [4.78, 5) is 28.0. The molecule has 0 unspecified atom stereocenters. The highest BCUT2D eigenvalue weighted by Crippen LogP contribution is 2.22. The van der Waals surface area contributed by atoms with Gasteiger partial charge in [-0.3, -0.25) is 13.9 Å². The highest BCUT2D eigenvalue weighted by Gasteiger charge is 2.28. The molecule has 0 aliphatic heterocycles. The maximum Gasteiger partial charge on any atom is 0.242 e. The lowest BCUT2D eigenvalue weighted by Gasteiger charge is -2.31. The Bertz CT molecular complexity index is 1110. The zero-order chi connectivity index (χ0) is 26.7. The second-order valence-electron chi connectivity index (χ2n) is 8.99. The number of anilines is 1. The fraction of sp³-hybridized carbons (Fsp3) is 0.481. The molecule has 0 radical (unpaired) electrons. The van der Waals surface area contributed by atoms with Crippen LogP contribution in [0.4, 0.5) is 5.69 Å². The van der Waals surface area contributed by atoms with Crippen molar-refractivity contribution >= 4 is 39.1 Å². The van der Waals surface area contributed by atoms with Crippen LogP contribution in [0.1, 0.15) is 57.1 Å². The summed E-state index contributed by atoms with van der Waals surface area (Å²) < 4.78 is 26.1. The van der Waals surface area contributed by atoms with Gasteiger partial charge in [0.15, 0.2) is 0 Å². The summed E-state index contributed by atoms with van der Waals surface area (Å²) in [5.41, 5.74) is 2.52. The number of nitrogens with zero attached hydrogens (tertiary/aromatic N) is 2. The monoisotopic (exact) mass is 535 g/mol. The zero-order valence-corrected chi connectivity index (χ0v) is 23.2. The quantitative estimate of drug-likeness (QED) is 0.348. The average Bonchev–Trinajstić information content (AvgIpc) is 2.82. The molecule has 2 aromatic carbocycles. The number of rotatable bonds is 14. The van der Waals surface area contributed by atoms with Crippen LogP contribution in [-0.4, -0.2) is 50.5 Å². The summed E-state index contributed by atoms with van der Waals surface area (Å²) in [6.45, 7) is 6.97. The van der Waals surface area contributed by atoms with Crippen molar-refractivity contribution in [2.24, 2.45) is 0 Å². The van der Waals surface area contributed by atoms with Crippen molar-refractivity contribution in [3.63, 3.8) is 0 Å². The number of halogens is 1. The normalized spacial score (nSPS) is 12.1. The molecule has 2 amide bonds. The third kappa shape index (κ3) is 9.13. The summed E-state index contributed by atoms with van der Waals surface area (Å²) >= 11 is 5.95. The lowest BCUT2D eigenvalue weighted by Crippen LogP contribution is -2.49. The van der Waals surface area contributed by atoms with Crippen LogP contribution in [0.3, 0.4) is 0 Å². The number of carbonyl (C=O) groups excluding carboxylic acids is 2. The molecule has 9 heteroatoms. The molecule has 1 N–H and O–H groups in total. The van der Waals surface area contributed by atoms with E-state index in [1.165, 1.54) is 4.31 Å². The second kappa shape index (κ2) is 14.2. The molecule has 0 bridgehead atoms. The Balaban J connectivity index is 2.19. The molecule has 0 saturated heterocycles. The minimum atomic E-state index is -3.55. The predicted octanol–water partition coefficient (Wildman–Crippen LogP) is 4.92. The van der Waals surface area contributed by atoms with Gasteiger partial charge in [0.05, 0.1) is 11.9 Å². The highest BCUT2D eigenvalue weighted by molar-refractivity contribution is 7.92. The number of hydrogen-bond acceptors (Lipinski definition) is 4. The third-order valence-corrected chi connectivity index (χ3v) is 7.36. The molecule has 0 aliphatic carbocycles. The van der Waals surface area contributed by atoms with E-state index in [4.69, 9.17) is 11.6 Å². The van der Waals surface area contributed by atoms with Crippen molar-refractivity contribution in [1.29, 1.82) is 0 Å². The van der Waals surface area contributed by atoms with E-state index in [2.05, 4.69) is 12.2 Å². The SMILES string of the molecule is CCCCNC(=O)[C@H](CC)N(Cc1cccc(C)c1)C(=O)CCCN(c1ccc(Cl)cc1)S(C)(=O)=O. The highest BCUT2D eigenvalue weighted by atomic mass is 35.5. The first-order valence-electron chi connectivity index (χ1n) is 12.4. The number of nitrogens with one attached hydrogen (secondary N) is 1. The Hall–Kier alpha value is -2.58. The Kier molecular flexibility index (Phi) is 11.7. The van der Waals surface area contributed by atoms with Gasteiger partial charge in [-0.15, -0.1) is 0 Å². The van der Waals surface area contributed by atoms with E-state index >= 15 is 0 Å². The minimum Gasteiger partial charge on any atom is -0.354 e. The van der Waals surface area contributed by atoms with E-state index in [9.17, 15) is 18.0 Å². The maximum atomic E-state index is 13.4. The van der Waals surface area contributed by atoms with Gasteiger partial charge in [0.25, 0.3) is 0 Å². The van der Waals surface area contributed by atoms with E-state index in [-0.39, 0.29) is 24.8 Å². The molecule has 198 valence electrons. The molecule has 36 heavy (non-hydrogen) atoms. The van der Waals surface area contributed by atoms with Gasteiger partial charge in [-0.2, -0.15) is 0 Å². The minimum absolute atomic E-state index is 0.115. The van der Waals surface area contributed by atoms with Gasteiger partial charge < -0.3 is 10.2 Å². The van der Waals surface area contributed by atoms with Crippen LogP contribution >= 0.6 is 11.6 Å². The molecular formula is C27H38ClN3O4S. The Labute approximate surface area is 220 Å². The van der Waals surface area contributed by atoms with E-state index in [1.54, 1.807) is 29.2 Å². The lowest BCUT2D eigenvalue weighted by atomic mass is 10.1. The molecule has 0 aromatic heterocycles. The van der Waals surface area contributed by atoms with Gasteiger partial charge in [-0.1, -0.05) is 61.7 Å². The third-order valence-electron chi connectivity index (χ3n) is 5.92. The van der Waals surface area contributed by atoms with Crippen LogP contribution in [0.2, 0.25) is 5.02 Å². The van der Waals surface area contributed by atoms with E-state index in [1.807, 2.05) is 38.1 Å². The van der Waals surface area contributed by atoms with Crippen molar-refractivity contribution in [3.05, 3.63) is 64.7 Å². The Morgan fingerprint density at radius 1 is 1.06 bits per heavy atom. The van der Waals surface area contributed by atoms with Crippen molar-refractivity contribution in [3.8, 4) is 0 Å². The topological polar surface area (TPSA) is 86.8 Å². The predicted molar refractivity (Wildman–Crippen MR) is 147 cm³/mol. The number of aryl methyl sites for hydroxylation is 1. The molecule has 2 aromatic rings. The smallest absolute Gasteiger partial charge is 0.242 e. The Morgan fingerprint density at radius 3 is 2.33 bits per heavy atom. The van der Waals surface area contributed by atoms with Crippen molar-refractivity contribution in [2.75, 3.05) is 23.7 Å². The molecule has 2 rings (SSSR count). The number of carbonyl (C=O) groups is 2. The molecule has 0 saturated carbocycles. The molecule has 0 fully saturated rings. The van der Waals surface area contributed by atoms with Crippen LogP contribution < -0.4 is 9.62 Å². The van der Waals surface area contributed by atoms with Crippen LogP contribution in [-0.2, 0) is 26.2 Å². The second-order valence-corrected chi connectivity index (χ2v) is 11.3. The summed E-state index contributed by atoms with van der Waals surface area (Å²) in [5, 5.41) is 3.47. The van der Waals surface area contributed by atoms with Gasteiger partial charge >= 0.3 is 0 Å². The molecule has 7 nitrogen and oxygen atoms in total. The standard InChI is InChI=1S/C27H38ClN3O4S/c1-5-7-17-29-27(33)25(6-2)30(20-22-11-8-10-21(3)19-22)26(32)12-9-18-31(36(4,34)35)24-15-13-23(28)14-16-24/h8,10-11,13-16,19,25H,5-7,9,12,17-18,20H2,1-4H3,(H,29,33)/t25-/m0/s1. The number of sulfonamides is 1. The number of amides is 2. The van der Waals surface area contributed by atoms with Gasteiger partial charge in [0.1, 0.15) is 6.04 Å². The van der Waals surface area contributed by atoms with Crippen LogP contribution in [0.25, 0.3) is 0 Å². The maximum absolute atomic E-state index is 13.4. The van der Waals surface area contributed by atoms with Crippen LogP contribution in [0.5, 0.6) is 0 Å². The fourth-order valence-corrected chi connectivity index (χ4v) is 5.14.